The highest BCUT2D eigenvalue weighted by Crippen LogP contribution is 2.34. The van der Waals surface area contributed by atoms with Gasteiger partial charge in [-0.1, -0.05) is 30.3 Å². The summed E-state index contributed by atoms with van der Waals surface area (Å²) in [7, 11) is 0. The molecule has 1 aromatic heterocycles. The summed E-state index contributed by atoms with van der Waals surface area (Å²) < 4.78 is 10.6. The fraction of sp³-hybridized carbons (Fsp3) is 0.238. The lowest BCUT2D eigenvalue weighted by Gasteiger charge is -2.14. The van der Waals surface area contributed by atoms with Crippen LogP contribution in [0.2, 0.25) is 0 Å². The van der Waals surface area contributed by atoms with Crippen molar-refractivity contribution >= 4 is 5.91 Å². The van der Waals surface area contributed by atoms with Crippen molar-refractivity contribution in [3.8, 4) is 22.9 Å². The first kappa shape index (κ1) is 18.7. The molecule has 0 saturated carbocycles. The van der Waals surface area contributed by atoms with Crippen LogP contribution in [0.1, 0.15) is 30.6 Å². The fourth-order valence-electron chi connectivity index (χ4n) is 3.07. The van der Waals surface area contributed by atoms with Crippen molar-refractivity contribution in [2.24, 2.45) is 0 Å². The van der Waals surface area contributed by atoms with Crippen LogP contribution < -0.4 is 20.3 Å². The second-order valence-corrected chi connectivity index (χ2v) is 6.72. The van der Waals surface area contributed by atoms with Crippen LogP contribution in [-0.2, 0) is 11.2 Å². The van der Waals surface area contributed by atoms with Gasteiger partial charge in [0, 0.05) is 18.4 Å². The van der Waals surface area contributed by atoms with Gasteiger partial charge in [-0.3, -0.25) is 9.59 Å². The molecule has 1 unspecified atom stereocenters. The summed E-state index contributed by atoms with van der Waals surface area (Å²) in [6.07, 6.45) is 0.357. The smallest absolute Gasteiger partial charge is 0.273 e. The van der Waals surface area contributed by atoms with E-state index in [0.29, 0.717) is 22.9 Å². The number of aromatic nitrogens is 3. The van der Waals surface area contributed by atoms with Crippen LogP contribution in [-0.4, -0.2) is 27.9 Å². The third-order valence-corrected chi connectivity index (χ3v) is 4.68. The predicted molar refractivity (Wildman–Crippen MR) is 106 cm³/mol. The number of nitrogens with zero attached hydrogens (tertiary/aromatic N) is 2. The first-order valence-corrected chi connectivity index (χ1v) is 9.30. The van der Waals surface area contributed by atoms with E-state index in [9.17, 15) is 9.59 Å². The minimum Gasteiger partial charge on any atom is -0.454 e. The molecule has 4 rings (SSSR count). The Labute approximate surface area is 166 Å². The average molecular weight is 392 g/mol. The summed E-state index contributed by atoms with van der Waals surface area (Å²) >= 11 is 0. The van der Waals surface area contributed by atoms with E-state index >= 15 is 0 Å². The maximum Gasteiger partial charge on any atom is 0.273 e. The normalized spacial score (nSPS) is 13.1. The van der Waals surface area contributed by atoms with Crippen LogP contribution in [0.25, 0.3) is 11.4 Å². The van der Waals surface area contributed by atoms with Crippen molar-refractivity contribution in [3.05, 3.63) is 70.1 Å². The first-order chi connectivity index (χ1) is 14.1. The van der Waals surface area contributed by atoms with Crippen LogP contribution in [0.15, 0.2) is 53.3 Å². The number of benzene rings is 2. The van der Waals surface area contributed by atoms with Gasteiger partial charge in [-0.15, -0.1) is 10.2 Å². The molecule has 8 nitrogen and oxygen atoms in total. The zero-order chi connectivity index (χ0) is 20.2. The Kier molecular flexibility index (Phi) is 5.24. The number of amides is 1. The zero-order valence-electron chi connectivity index (χ0n) is 15.8. The molecule has 0 saturated heterocycles. The number of aromatic amines is 1. The van der Waals surface area contributed by atoms with Gasteiger partial charge in [-0.05, 0) is 30.7 Å². The van der Waals surface area contributed by atoms with E-state index in [1.54, 1.807) is 18.2 Å². The highest BCUT2D eigenvalue weighted by atomic mass is 16.7. The lowest BCUT2D eigenvalue weighted by Crippen LogP contribution is -2.28. The number of nitrogens with one attached hydrogen (secondary N) is 2. The average Bonchev–Trinajstić information content (AvgIpc) is 3.21. The third kappa shape index (κ3) is 4.26. The topological polar surface area (TPSA) is 106 Å². The molecule has 0 spiro atoms. The maximum atomic E-state index is 12.4. The molecule has 1 aliphatic heterocycles. The van der Waals surface area contributed by atoms with Gasteiger partial charge in [0.2, 0.25) is 12.7 Å². The van der Waals surface area contributed by atoms with Crippen molar-refractivity contribution < 1.29 is 14.3 Å². The van der Waals surface area contributed by atoms with Crippen molar-refractivity contribution in [1.82, 2.24) is 20.5 Å². The molecule has 2 heterocycles. The fourth-order valence-corrected chi connectivity index (χ4v) is 3.07. The second kappa shape index (κ2) is 8.14. The van der Waals surface area contributed by atoms with Crippen LogP contribution in [0.5, 0.6) is 11.5 Å². The van der Waals surface area contributed by atoms with Crippen molar-refractivity contribution in [3.63, 3.8) is 0 Å². The van der Waals surface area contributed by atoms with Gasteiger partial charge >= 0.3 is 0 Å². The monoisotopic (exact) mass is 392 g/mol. The number of hydrogen-bond acceptors (Lipinski definition) is 6. The van der Waals surface area contributed by atoms with Gasteiger partial charge < -0.3 is 19.8 Å². The van der Waals surface area contributed by atoms with E-state index in [1.165, 1.54) is 0 Å². The van der Waals surface area contributed by atoms with Gasteiger partial charge in [-0.2, -0.15) is 0 Å². The largest absolute Gasteiger partial charge is 0.454 e. The number of carbonyl (C=O) groups excluding carboxylic acids is 1. The Hall–Kier alpha value is -3.68. The van der Waals surface area contributed by atoms with Crippen LogP contribution in [0.3, 0.4) is 0 Å². The van der Waals surface area contributed by atoms with Crippen molar-refractivity contribution in [1.29, 1.82) is 0 Å². The number of carbonyl (C=O) groups is 1. The summed E-state index contributed by atoms with van der Waals surface area (Å²) in [5.41, 5.74) is 1.54. The van der Waals surface area contributed by atoms with Gasteiger partial charge in [0.05, 0.1) is 6.04 Å². The Morgan fingerprint density at radius 3 is 2.72 bits per heavy atom. The minimum atomic E-state index is -0.364. The highest BCUT2D eigenvalue weighted by Gasteiger charge is 2.16. The molecule has 148 valence electrons. The maximum absolute atomic E-state index is 12.4. The Balaban J connectivity index is 1.38. The summed E-state index contributed by atoms with van der Waals surface area (Å²) in [4.78, 5) is 27.3. The molecule has 1 atom stereocenters. The number of ether oxygens (including phenoxy) is 2. The second-order valence-electron chi connectivity index (χ2n) is 6.72. The van der Waals surface area contributed by atoms with E-state index in [-0.39, 0.29) is 42.8 Å². The molecule has 0 bridgehead atoms. The number of fused-ring (bicyclic) bond motifs is 1. The first-order valence-electron chi connectivity index (χ1n) is 9.30. The summed E-state index contributed by atoms with van der Waals surface area (Å²) in [6.45, 7) is 2.09. The molecule has 8 heteroatoms. The third-order valence-electron chi connectivity index (χ3n) is 4.68. The van der Waals surface area contributed by atoms with E-state index in [4.69, 9.17) is 9.47 Å². The van der Waals surface area contributed by atoms with Crippen LogP contribution in [0.4, 0.5) is 0 Å². The standard InChI is InChI=1S/C21H20N4O4/c1-13(14-5-3-2-4-6-14)22-19(26)10-8-16-21(27)23-20(25-24-16)15-7-9-17-18(11-15)29-12-28-17/h2-7,9,11,13H,8,10,12H2,1H3,(H,22,26)(H,23,25,27). The molecule has 0 radical (unpaired) electrons. The molecule has 1 amide bonds. The van der Waals surface area contributed by atoms with E-state index < -0.39 is 0 Å². The van der Waals surface area contributed by atoms with E-state index in [1.807, 2.05) is 37.3 Å². The van der Waals surface area contributed by atoms with Crippen LogP contribution >= 0.6 is 0 Å². The quantitative estimate of drug-likeness (QED) is 0.667. The number of aryl methyl sites for hydroxylation is 1. The molecule has 1 aliphatic rings. The van der Waals surface area contributed by atoms with Crippen LogP contribution in [0, 0.1) is 0 Å². The molecule has 29 heavy (non-hydrogen) atoms. The predicted octanol–water partition coefficient (Wildman–Crippen LogP) is 2.37. The van der Waals surface area contributed by atoms with Gasteiger partial charge in [0.15, 0.2) is 17.3 Å². The van der Waals surface area contributed by atoms with E-state index in [0.717, 1.165) is 5.56 Å². The summed E-state index contributed by atoms with van der Waals surface area (Å²) in [5.74, 6) is 1.43. The summed E-state index contributed by atoms with van der Waals surface area (Å²) in [6, 6.07) is 14.8. The Morgan fingerprint density at radius 1 is 1.14 bits per heavy atom. The number of H-pyrrole nitrogens is 1. The molecule has 3 aromatic rings. The Bertz CT molecular complexity index is 1080. The molecule has 2 N–H and O–H groups in total. The lowest BCUT2D eigenvalue weighted by molar-refractivity contribution is -0.121. The lowest BCUT2D eigenvalue weighted by atomic mass is 10.1. The van der Waals surface area contributed by atoms with Crippen molar-refractivity contribution in [2.45, 2.75) is 25.8 Å². The highest BCUT2D eigenvalue weighted by molar-refractivity contribution is 5.76. The zero-order valence-corrected chi connectivity index (χ0v) is 15.8. The molecule has 0 fully saturated rings. The van der Waals surface area contributed by atoms with Crippen molar-refractivity contribution in [2.75, 3.05) is 6.79 Å². The van der Waals surface area contributed by atoms with E-state index in [2.05, 4.69) is 20.5 Å². The molecule has 2 aromatic carbocycles. The Morgan fingerprint density at radius 2 is 1.93 bits per heavy atom. The number of hydrogen-bond donors (Lipinski definition) is 2. The minimum absolute atomic E-state index is 0.110. The summed E-state index contributed by atoms with van der Waals surface area (Å²) in [5, 5.41) is 11.0. The van der Waals surface area contributed by atoms with Gasteiger partial charge in [-0.25, -0.2) is 0 Å². The SMILES string of the molecule is CC(NC(=O)CCc1nnc(-c2ccc3c(c2)OCO3)[nH]c1=O)c1ccccc1. The molecular formula is C21H20N4O4. The molecule has 0 aliphatic carbocycles. The molecular weight excluding hydrogens is 372 g/mol. The van der Waals surface area contributed by atoms with Gasteiger partial charge in [0.1, 0.15) is 5.69 Å². The van der Waals surface area contributed by atoms with Gasteiger partial charge in [0.25, 0.3) is 5.56 Å². The number of rotatable bonds is 6.